The molecule has 132 valence electrons. The lowest BCUT2D eigenvalue weighted by Crippen LogP contribution is -2.39. The van der Waals surface area contributed by atoms with Crippen molar-refractivity contribution in [2.24, 2.45) is 5.92 Å². The predicted molar refractivity (Wildman–Crippen MR) is 89.9 cm³/mol. The minimum absolute atomic E-state index is 0.399. The summed E-state index contributed by atoms with van der Waals surface area (Å²) in [5, 5.41) is 11.2. The summed E-state index contributed by atoms with van der Waals surface area (Å²) < 4.78 is 19.1. The Balaban J connectivity index is 1.53. The number of hydrogen-bond donors (Lipinski definition) is 0. The van der Waals surface area contributed by atoms with Crippen LogP contribution in [0.4, 0.5) is 15.8 Å². The first-order chi connectivity index (χ1) is 11.6. The lowest BCUT2D eigenvalue weighted by atomic mass is 9.93. The molecule has 0 saturated carbocycles. The molecule has 3 rings (SSSR count). The van der Waals surface area contributed by atoms with E-state index in [9.17, 15) is 14.5 Å². The second-order valence-electron chi connectivity index (χ2n) is 6.54. The van der Waals surface area contributed by atoms with E-state index in [1.165, 1.54) is 0 Å². The van der Waals surface area contributed by atoms with Crippen LogP contribution in [0, 0.1) is 21.8 Å². The van der Waals surface area contributed by atoms with Crippen LogP contribution in [0.25, 0.3) is 0 Å². The molecular formula is C17H24FN3O3. The van der Waals surface area contributed by atoms with E-state index in [1.807, 2.05) is 4.90 Å². The zero-order valence-electron chi connectivity index (χ0n) is 13.8. The molecule has 7 heteroatoms. The van der Waals surface area contributed by atoms with Gasteiger partial charge in [-0.1, -0.05) is 6.07 Å². The second kappa shape index (κ2) is 7.90. The van der Waals surface area contributed by atoms with E-state index in [2.05, 4.69) is 4.90 Å². The van der Waals surface area contributed by atoms with Gasteiger partial charge < -0.3 is 9.64 Å². The van der Waals surface area contributed by atoms with Crippen molar-refractivity contribution in [3.8, 4) is 0 Å². The van der Waals surface area contributed by atoms with Crippen LogP contribution in [0.2, 0.25) is 0 Å². The summed E-state index contributed by atoms with van der Waals surface area (Å²) in [6, 6.07) is 4.34. The van der Waals surface area contributed by atoms with Crippen molar-refractivity contribution in [2.75, 3.05) is 50.8 Å². The fourth-order valence-electron chi connectivity index (χ4n) is 3.59. The number of nitro groups is 1. The molecule has 2 saturated heterocycles. The standard InChI is InChI=1S/C17H24FN3O3/c18-15-2-1-3-16(17(15)21(22)23)20-8-5-14(6-9-20)4-7-19-10-12-24-13-11-19/h1-3,14H,4-13H2. The third-order valence-corrected chi connectivity index (χ3v) is 5.06. The van der Waals surface area contributed by atoms with E-state index >= 15 is 0 Å². The van der Waals surface area contributed by atoms with E-state index in [4.69, 9.17) is 4.74 Å². The molecule has 2 aliphatic heterocycles. The largest absolute Gasteiger partial charge is 0.379 e. The summed E-state index contributed by atoms with van der Waals surface area (Å²) in [4.78, 5) is 14.9. The molecule has 0 atom stereocenters. The van der Waals surface area contributed by atoms with Crippen LogP contribution in [0.5, 0.6) is 0 Å². The van der Waals surface area contributed by atoms with Gasteiger partial charge in [-0.3, -0.25) is 15.0 Å². The van der Waals surface area contributed by atoms with Gasteiger partial charge in [0.15, 0.2) is 0 Å². The van der Waals surface area contributed by atoms with Crippen molar-refractivity contribution < 1.29 is 14.1 Å². The maximum absolute atomic E-state index is 13.8. The highest BCUT2D eigenvalue weighted by molar-refractivity contribution is 5.64. The summed E-state index contributed by atoms with van der Waals surface area (Å²) in [6.45, 7) is 6.25. The normalized spacial score (nSPS) is 20.3. The second-order valence-corrected chi connectivity index (χ2v) is 6.54. The molecular weight excluding hydrogens is 313 g/mol. The third kappa shape index (κ3) is 4.02. The molecule has 1 aromatic carbocycles. The predicted octanol–water partition coefficient (Wildman–Crippen LogP) is 2.67. The van der Waals surface area contributed by atoms with Gasteiger partial charge in [0.25, 0.3) is 0 Å². The van der Waals surface area contributed by atoms with Crippen molar-refractivity contribution in [1.29, 1.82) is 0 Å². The number of anilines is 1. The van der Waals surface area contributed by atoms with Crippen LogP contribution in [0.1, 0.15) is 19.3 Å². The molecule has 0 radical (unpaired) electrons. The quantitative estimate of drug-likeness (QED) is 0.611. The SMILES string of the molecule is O=[N+]([O-])c1c(F)cccc1N1CCC(CCN2CCOCC2)CC1. The molecule has 0 spiro atoms. The van der Waals surface area contributed by atoms with Crippen LogP contribution in [0.3, 0.4) is 0 Å². The van der Waals surface area contributed by atoms with Gasteiger partial charge in [-0.25, -0.2) is 0 Å². The first-order valence-corrected chi connectivity index (χ1v) is 8.63. The van der Waals surface area contributed by atoms with Crippen LogP contribution >= 0.6 is 0 Å². The Hall–Kier alpha value is -1.73. The summed E-state index contributed by atoms with van der Waals surface area (Å²) in [5.74, 6) is -0.122. The number of piperidine rings is 1. The van der Waals surface area contributed by atoms with E-state index in [-0.39, 0.29) is 0 Å². The van der Waals surface area contributed by atoms with E-state index in [1.54, 1.807) is 12.1 Å². The Morgan fingerprint density at radius 3 is 2.58 bits per heavy atom. The number of rotatable bonds is 5. The fraction of sp³-hybridized carbons (Fsp3) is 0.647. The summed E-state index contributed by atoms with van der Waals surface area (Å²) in [5.41, 5.74) is 0.0101. The molecule has 0 aliphatic carbocycles. The molecule has 2 aliphatic rings. The van der Waals surface area contributed by atoms with Crippen LogP contribution in [-0.2, 0) is 4.74 Å². The molecule has 6 nitrogen and oxygen atoms in total. The number of ether oxygens (including phenoxy) is 1. The molecule has 0 bridgehead atoms. The van der Waals surface area contributed by atoms with E-state index in [0.717, 1.165) is 71.3 Å². The van der Waals surface area contributed by atoms with E-state index < -0.39 is 16.4 Å². The lowest BCUT2D eigenvalue weighted by Gasteiger charge is -2.34. The molecule has 24 heavy (non-hydrogen) atoms. The lowest BCUT2D eigenvalue weighted by molar-refractivity contribution is -0.386. The molecule has 0 N–H and O–H groups in total. The number of nitro benzene ring substituents is 1. The summed E-state index contributed by atoms with van der Waals surface area (Å²) in [7, 11) is 0. The number of halogens is 1. The maximum atomic E-state index is 13.8. The average Bonchev–Trinajstić information content (AvgIpc) is 2.61. The van der Waals surface area contributed by atoms with E-state index in [0.29, 0.717) is 11.6 Å². The Morgan fingerprint density at radius 2 is 1.92 bits per heavy atom. The maximum Gasteiger partial charge on any atom is 0.327 e. The monoisotopic (exact) mass is 337 g/mol. The number of benzene rings is 1. The summed E-state index contributed by atoms with van der Waals surface area (Å²) in [6.07, 6.45) is 3.15. The highest BCUT2D eigenvalue weighted by Crippen LogP contribution is 2.34. The zero-order valence-corrected chi connectivity index (χ0v) is 13.8. The Morgan fingerprint density at radius 1 is 1.21 bits per heavy atom. The fourth-order valence-corrected chi connectivity index (χ4v) is 3.59. The number of nitrogens with zero attached hydrogens (tertiary/aromatic N) is 3. The van der Waals surface area contributed by atoms with Gasteiger partial charge in [-0.05, 0) is 43.9 Å². The average molecular weight is 337 g/mol. The number of para-hydroxylation sites is 1. The molecule has 1 aromatic rings. The Bertz CT molecular complexity index is 570. The highest BCUT2D eigenvalue weighted by atomic mass is 19.1. The van der Waals surface area contributed by atoms with Crippen LogP contribution in [0.15, 0.2) is 18.2 Å². The number of hydrogen-bond acceptors (Lipinski definition) is 5. The van der Waals surface area contributed by atoms with Crippen molar-refractivity contribution in [2.45, 2.75) is 19.3 Å². The van der Waals surface area contributed by atoms with Gasteiger partial charge in [0.2, 0.25) is 5.82 Å². The summed E-state index contributed by atoms with van der Waals surface area (Å²) >= 11 is 0. The van der Waals surface area contributed by atoms with Gasteiger partial charge in [0, 0.05) is 26.2 Å². The van der Waals surface area contributed by atoms with Crippen molar-refractivity contribution >= 4 is 11.4 Å². The first kappa shape index (κ1) is 17.1. The van der Waals surface area contributed by atoms with Crippen molar-refractivity contribution in [1.82, 2.24) is 4.90 Å². The molecule has 0 aromatic heterocycles. The third-order valence-electron chi connectivity index (χ3n) is 5.06. The smallest absolute Gasteiger partial charge is 0.327 e. The molecule has 2 heterocycles. The Labute approximate surface area is 141 Å². The minimum Gasteiger partial charge on any atom is -0.379 e. The van der Waals surface area contributed by atoms with Crippen molar-refractivity contribution in [3.63, 3.8) is 0 Å². The van der Waals surface area contributed by atoms with Gasteiger partial charge >= 0.3 is 5.69 Å². The molecule has 2 fully saturated rings. The van der Waals surface area contributed by atoms with Crippen LogP contribution in [-0.4, -0.2) is 55.8 Å². The first-order valence-electron chi connectivity index (χ1n) is 8.63. The molecule has 0 amide bonds. The van der Waals surface area contributed by atoms with Gasteiger partial charge in [-0.15, -0.1) is 0 Å². The minimum atomic E-state index is -0.757. The van der Waals surface area contributed by atoms with Crippen LogP contribution < -0.4 is 4.90 Å². The number of morpholine rings is 1. The topological polar surface area (TPSA) is 58.9 Å². The molecule has 0 unspecified atom stereocenters. The van der Waals surface area contributed by atoms with Gasteiger partial charge in [0.1, 0.15) is 5.69 Å². The highest BCUT2D eigenvalue weighted by Gasteiger charge is 2.27. The van der Waals surface area contributed by atoms with Gasteiger partial charge in [-0.2, -0.15) is 4.39 Å². The zero-order chi connectivity index (χ0) is 16.9. The van der Waals surface area contributed by atoms with Crippen molar-refractivity contribution in [3.05, 3.63) is 34.1 Å². The Kier molecular flexibility index (Phi) is 5.63. The van der Waals surface area contributed by atoms with Gasteiger partial charge in [0.05, 0.1) is 18.1 Å².